The molecule has 3 N–H and O–H groups in total. The Morgan fingerprint density at radius 2 is 0.543 bits per heavy atom. The van der Waals surface area contributed by atoms with Gasteiger partial charge in [-0.05, 0) is 38.5 Å². The minimum Gasteiger partial charge on any atom is -0.394 e. The van der Waals surface area contributed by atoms with Crippen LogP contribution in [-0.4, -0.2) is 34.9 Å². The van der Waals surface area contributed by atoms with Crippen molar-refractivity contribution in [1.82, 2.24) is 5.32 Å². The first-order valence-corrected chi connectivity index (χ1v) is 32.9. The standard InChI is InChI=1S/C66H131NO3/c1-3-5-7-9-11-13-15-17-19-21-23-25-27-29-30-31-32-33-34-35-36-38-40-42-44-46-48-50-52-54-56-58-60-62-66(70)67-64(63-68)65(69)61-59-57-55-53-51-49-47-45-43-41-39-37-28-26-24-22-20-18-16-14-12-10-8-6-4-2/h29-30,64-65,68-69H,3-28,31-63H2,1-2H3,(H,67,70)/b30-29-. The Kier molecular flexibility index (Phi) is 61.6. The number of hydrogen-bond acceptors (Lipinski definition) is 3. The van der Waals surface area contributed by atoms with Gasteiger partial charge in [0.1, 0.15) is 0 Å². The van der Waals surface area contributed by atoms with Gasteiger partial charge in [-0.1, -0.05) is 353 Å². The van der Waals surface area contributed by atoms with Gasteiger partial charge in [0.15, 0.2) is 0 Å². The van der Waals surface area contributed by atoms with Gasteiger partial charge in [0, 0.05) is 6.42 Å². The van der Waals surface area contributed by atoms with Crippen LogP contribution in [0.4, 0.5) is 0 Å². The van der Waals surface area contributed by atoms with Gasteiger partial charge in [-0.25, -0.2) is 0 Å². The fourth-order valence-electron chi connectivity index (χ4n) is 10.8. The first-order valence-electron chi connectivity index (χ1n) is 32.9. The maximum Gasteiger partial charge on any atom is 0.220 e. The Morgan fingerprint density at radius 1 is 0.329 bits per heavy atom. The third-order valence-corrected chi connectivity index (χ3v) is 15.8. The fourth-order valence-corrected chi connectivity index (χ4v) is 10.8. The molecule has 0 aliphatic rings. The van der Waals surface area contributed by atoms with Crippen LogP contribution in [0.1, 0.15) is 386 Å². The summed E-state index contributed by atoms with van der Waals surface area (Å²) in [7, 11) is 0. The van der Waals surface area contributed by atoms with E-state index < -0.39 is 12.1 Å². The molecule has 0 aliphatic carbocycles. The number of carbonyl (C=O) groups is 1. The van der Waals surface area contributed by atoms with Crippen molar-refractivity contribution in [2.75, 3.05) is 6.61 Å². The van der Waals surface area contributed by atoms with E-state index >= 15 is 0 Å². The molecule has 0 radical (unpaired) electrons. The Labute approximate surface area is 441 Å². The highest BCUT2D eigenvalue weighted by Crippen LogP contribution is 2.19. The number of aliphatic hydroxyl groups is 2. The smallest absolute Gasteiger partial charge is 0.220 e. The van der Waals surface area contributed by atoms with Gasteiger partial charge < -0.3 is 15.5 Å². The van der Waals surface area contributed by atoms with Crippen LogP contribution in [0, 0.1) is 0 Å². The number of nitrogens with one attached hydrogen (secondary N) is 1. The van der Waals surface area contributed by atoms with Gasteiger partial charge in [-0.3, -0.25) is 4.79 Å². The average Bonchev–Trinajstić information content (AvgIpc) is 3.36. The largest absolute Gasteiger partial charge is 0.394 e. The average molecular weight is 987 g/mol. The van der Waals surface area contributed by atoms with Crippen LogP contribution in [0.3, 0.4) is 0 Å². The highest BCUT2D eigenvalue weighted by Gasteiger charge is 2.20. The Bertz CT molecular complexity index is 982. The van der Waals surface area contributed by atoms with Gasteiger partial charge in [0.2, 0.25) is 5.91 Å². The number of rotatable bonds is 62. The minimum atomic E-state index is -0.658. The molecule has 0 aliphatic heterocycles. The zero-order valence-electron chi connectivity index (χ0n) is 48.3. The quantitative estimate of drug-likeness (QED) is 0.0420. The number of hydrogen-bond donors (Lipinski definition) is 3. The highest BCUT2D eigenvalue weighted by atomic mass is 16.3. The van der Waals surface area contributed by atoms with Crippen molar-refractivity contribution in [2.24, 2.45) is 0 Å². The Hall–Kier alpha value is -0.870. The van der Waals surface area contributed by atoms with Crippen molar-refractivity contribution >= 4 is 5.91 Å². The summed E-state index contributed by atoms with van der Waals surface area (Å²) in [5.41, 5.74) is 0. The van der Waals surface area contributed by atoms with Gasteiger partial charge in [0.25, 0.3) is 0 Å². The van der Waals surface area contributed by atoms with Crippen molar-refractivity contribution in [1.29, 1.82) is 0 Å². The monoisotopic (exact) mass is 986 g/mol. The zero-order chi connectivity index (χ0) is 50.6. The second kappa shape index (κ2) is 62.4. The van der Waals surface area contributed by atoms with Crippen molar-refractivity contribution in [3.63, 3.8) is 0 Å². The molecule has 0 saturated heterocycles. The molecule has 0 spiro atoms. The lowest BCUT2D eigenvalue weighted by Gasteiger charge is -2.22. The maximum atomic E-state index is 12.5. The summed E-state index contributed by atoms with van der Waals surface area (Å²) in [6, 6.07) is -0.534. The maximum absolute atomic E-state index is 12.5. The minimum absolute atomic E-state index is 0.0219. The molecular formula is C66H131NO3. The Morgan fingerprint density at radius 3 is 0.786 bits per heavy atom. The number of carbonyl (C=O) groups excluding carboxylic acids is 1. The zero-order valence-corrected chi connectivity index (χ0v) is 48.3. The van der Waals surface area contributed by atoms with Crippen molar-refractivity contribution in [2.45, 2.75) is 398 Å². The van der Waals surface area contributed by atoms with Crippen molar-refractivity contribution < 1.29 is 15.0 Å². The van der Waals surface area contributed by atoms with Crippen LogP contribution in [-0.2, 0) is 4.79 Å². The van der Waals surface area contributed by atoms with Gasteiger partial charge in [-0.2, -0.15) is 0 Å². The van der Waals surface area contributed by atoms with Crippen LogP contribution in [0.15, 0.2) is 12.2 Å². The molecule has 2 unspecified atom stereocenters. The number of aliphatic hydroxyl groups excluding tert-OH is 2. The van der Waals surface area contributed by atoms with Crippen molar-refractivity contribution in [3.8, 4) is 0 Å². The molecule has 0 aromatic rings. The number of amides is 1. The molecule has 418 valence electrons. The van der Waals surface area contributed by atoms with Crippen molar-refractivity contribution in [3.05, 3.63) is 12.2 Å². The molecule has 4 heteroatoms. The second-order valence-electron chi connectivity index (χ2n) is 22.9. The molecule has 0 aromatic carbocycles. The van der Waals surface area contributed by atoms with Crippen LogP contribution < -0.4 is 5.32 Å². The Balaban J connectivity index is 3.38. The summed E-state index contributed by atoms with van der Waals surface area (Å²) in [5, 5.41) is 23.4. The lowest BCUT2D eigenvalue weighted by atomic mass is 10.0. The summed E-state index contributed by atoms with van der Waals surface area (Å²) in [4.78, 5) is 12.5. The first-order chi connectivity index (χ1) is 34.7. The van der Waals surface area contributed by atoms with Crippen LogP contribution in [0.5, 0.6) is 0 Å². The summed E-state index contributed by atoms with van der Waals surface area (Å²) in [5.74, 6) is -0.0219. The molecular weight excluding hydrogens is 855 g/mol. The van der Waals surface area contributed by atoms with E-state index in [0.717, 1.165) is 25.7 Å². The predicted molar refractivity (Wildman–Crippen MR) is 313 cm³/mol. The molecule has 1 amide bonds. The topological polar surface area (TPSA) is 69.6 Å². The van der Waals surface area contributed by atoms with E-state index in [1.54, 1.807) is 0 Å². The van der Waals surface area contributed by atoms with Crippen LogP contribution in [0.2, 0.25) is 0 Å². The van der Waals surface area contributed by atoms with Crippen LogP contribution in [0.25, 0.3) is 0 Å². The predicted octanol–water partition coefficient (Wildman–Crippen LogP) is 22.0. The highest BCUT2D eigenvalue weighted by molar-refractivity contribution is 5.76. The van der Waals surface area contributed by atoms with Gasteiger partial charge in [0.05, 0.1) is 18.8 Å². The van der Waals surface area contributed by atoms with Crippen LogP contribution >= 0.6 is 0 Å². The fraction of sp³-hybridized carbons (Fsp3) is 0.955. The normalized spacial score (nSPS) is 12.7. The number of allylic oxidation sites excluding steroid dienone is 2. The van der Waals surface area contributed by atoms with E-state index in [1.807, 2.05) is 0 Å². The summed E-state index contributed by atoms with van der Waals surface area (Å²) in [6.45, 7) is 4.41. The molecule has 0 saturated carbocycles. The summed E-state index contributed by atoms with van der Waals surface area (Å²) >= 11 is 0. The lowest BCUT2D eigenvalue weighted by molar-refractivity contribution is -0.123. The van der Waals surface area contributed by atoms with E-state index in [-0.39, 0.29) is 12.5 Å². The van der Waals surface area contributed by atoms with E-state index in [2.05, 4.69) is 31.3 Å². The molecule has 4 nitrogen and oxygen atoms in total. The molecule has 0 rings (SSSR count). The molecule has 70 heavy (non-hydrogen) atoms. The molecule has 0 bridgehead atoms. The van der Waals surface area contributed by atoms with E-state index in [1.165, 1.54) is 334 Å². The second-order valence-corrected chi connectivity index (χ2v) is 22.9. The van der Waals surface area contributed by atoms with Gasteiger partial charge in [-0.15, -0.1) is 0 Å². The third-order valence-electron chi connectivity index (χ3n) is 15.8. The lowest BCUT2D eigenvalue weighted by Crippen LogP contribution is -2.45. The third kappa shape index (κ3) is 58.0. The summed E-state index contributed by atoms with van der Waals surface area (Å²) in [6.07, 6.45) is 82.5. The molecule has 0 aromatic heterocycles. The molecule has 0 fully saturated rings. The molecule has 0 heterocycles. The molecule has 2 atom stereocenters. The van der Waals surface area contributed by atoms with E-state index in [0.29, 0.717) is 12.8 Å². The summed E-state index contributed by atoms with van der Waals surface area (Å²) < 4.78 is 0. The van der Waals surface area contributed by atoms with Gasteiger partial charge >= 0.3 is 0 Å². The first kappa shape index (κ1) is 69.1. The van der Waals surface area contributed by atoms with E-state index in [9.17, 15) is 15.0 Å². The number of unbranched alkanes of at least 4 members (excludes halogenated alkanes) is 53. The van der Waals surface area contributed by atoms with E-state index in [4.69, 9.17) is 0 Å². The SMILES string of the molecule is CCCCCCCCCCCCCC/C=C\CCCCCCCCCCCCCCCCCCCC(=O)NC(CO)C(O)CCCCCCCCCCCCCCCCCCCCCCCCCCC.